The molecule has 0 fully saturated rings. The first-order valence-electron chi connectivity index (χ1n) is 8.18. The minimum Gasteiger partial charge on any atom is -0.289 e. The minimum atomic E-state index is -4.69. The van der Waals surface area contributed by atoms with Crippen LogP contribution in [0.25, 0.3) is 0 Å². The first kappa shape index (κ1) is 20.4. The quantitative estimate of drug-likeness (QED) is 0.741. The molecule has 2 rings (SSSR count). The van der Waals surface area contributed by atoms with E-state index in [2.05, 4.69) is 0 Å². The molecule has 0 aliphatic rings. The topological polar surface area (TPSA) is 54.5 Å². The van der Waals surface area contributed by atoms with E-state index in [1.165, 1.54) is 19.1 Å². The molecule has 0 saturated carbocycles. The monoisotopic (exact) mass is 377 g/mol. The van der Waals surface area contributed by atoms with E-state index >= 15 is 0 Å². The highest BCUT2D eigenvalue weighted by Crippen LogP contribution is 2.24. The van der Waals surface area contributed by atoms with Gasteiger partial charge >= 0.3 is 6.18 Å². The second-order valence-electron chi connectivity index (χ2n) is 6.10. The second-order valence-corrected chi connectivity index (χ2v) is 6.10. The number of rotatable bonds is 5. The highest BCUT2D eigenvalue weighted by atomic mass is 19.4. The van der Waals surface area contributed by atoms with Crippen molar-refractivity contribution in [3.8, 4) is 0 Å². The average molecular weight is 377 g/mol. The summed E-state index contributed by atoms with van der Waals surface area (Å²) in [5.74, 6) is -3.24. The minimum absolute atomic E-state index is 0.177. The van der Waals surface area contributed by atoms with E-state index in [0.717, 1.165) is 6.92 Å². The van der Waals surface area contributed by atoms with Crippen LogP contribution < -0.4 is 0 Å². The second kappa shape index (κ2) is 8.16. The Hall–Kier alpha value is -2.96. The maximum atomic E-state index is 12.7. The van der Waals surface area contributed by atoms with Crippen LogP contribution in [0.4, 0.5) is 13.2 Å². The Balaban J connectivity index is 2.28. The predicted molar refractivity (Wildman–Crippen MR) is 93.2 cm³/mol. The molecule has 0 aliphatic heterocycles. The van der Waals surface area contributed by atoms with Crippen LogP contribution >= 0.6 is 0 Å². The number of nitrogens with zero attached hydrogens (tertiary/aromatic N) is 1. The van der Waals surface area contributed by atoms with E-state index in [0.29, 0.717) is 16.7 Å². The van der Waals surface area contributed by atoms with Gasteiger partial charge < -0.3 is 0 Å². The van der Waals surface area contributed by atoms with Crippen molar-refractivity contribution in [2.24, 2.45) is 0 Å². The molecule has 0 aliphatic carbocycles. The summed E-state index contributed by atoms with van der Waals surface area (Å²) < 4.78 is 38.0. The number of ketones is 1. The van der Waals surface area contributed by atoms with Crippen molar-refractivity contribution in [3.05, 3.63) is 71.3 Å². The predicted octanol–water partition coefficient (Wildman–Crippen LogP) is 3.96. The Bertz CT molecular complexity index is 847. The summed E-state index contributed by atoms with van der Waals surface area (Å²) >= 11 is 0. The van der Waals surface area contributed by atoms with Gasteiger partial charge in [-0.1, -0.05) is 48.5 Å². The third-order valence-electron chi connectivity index (χ3n) is 4.04. The Kier molecular flexibility index (Phi) is 6.15. The molecule has 0 spiro atoms. The van der Waals surface area contributed by atoms with Gasteiger partial charge in [0.25, 0.3) is 0 Å². The summed E-state index contributed by atoms with van der Waals surface area (Å²) in [5, 5.41) is 0. The van der Waals surface area contributed by atoms with Crippen LogP contribution in [0.5, 0.6) is 0 Å². The highest BCUT2D eigenvalue weighted by Gasteiger charge is 2.36. The standard InChI is InChI=1S/C20H18F3NO3/c1-13(19(27)24(14(2)25)12-20(21,22)23)16-9-6-10-17(11-16)18(26)15-7-4-3-5-8-15/h3-11,13H,12H2,1-2H3. The summed E-state index contributed by atoms with van der Waals surface area (Å²) in [4.78, 5) is 36.6. The van der Waals surface area contributed by atoms with Gasteiger partial charge in [0.1, 0.15) is 6.54 Å². The van der Waals surface area contributed by atoms with Gasteiger partial charge in [-0.05, 0) is 18.6 Å². The molecule has 142 valence electrons. The zero-order valence-electron chi connectivity index (χ0n) is 14.8. The number of hydrogen-bond donors (Lipinski definition) is 0. The van der Waals surface area contributed by atoms with Crippen molar-refractivity contribution in [3.63, 3.8) is 0 Å². The zero-order valence-corrected chi connectivity index (χ0v) is 14.8. The summed E-state index contributed by atoms with van der Waals surface area (Å²) in [6.07, 6.45) is -4.69. The lowest BCUT2D eigenvalue weighted by molar-refractivity contribution is -0.169. The van der Waals surface area contributed by atoms with Crippen LogP contribution in [0.2, 0.25) is 0 Å². The number of halogens is 3. The molecule has 2 amide bonds. The normalized spacial score (nSPS) is 12.3. The number of imide groups is 1. The summed E-state index contributed by atoms with van der Waals surface area (Å²) in [7, 11) is 0. The fourth-order valence-electron chi connectivity index (χ4n) is 2.61. The van der Waals surface area contributed by atoms with E-state index in [1.807, 2.05) is 0 Å². The summed E-state index contributed by atoms with van der Waals surface area (Å²) in [6, 6.07) is 14.6. The van der Waals surface area contributed by atoms with Gasteiger partial charge in [-0.15, -0.1) is 0 Å². The van der Waals surface area contributed by atoms with Crippen LogP contribution in [-0.2, 0) is 9.59 Å². The molecule has 2 aromatic rings. The molecule has 0 heterocycles. The number of carbonyl (C=O) groups excluding carboxylic acids is 3. The van der Waals surface area contributed by atoms with Crippen molar-refractivity contribution >= 4 is 17.6 Å². The van der Waals surface area contributed by atoms with Gasteiger partial charge in [0.2, 0.25) is 11.8 Å². The number of amides is 2. The van der Waals surface area contributed by atoms with Crippen molar-refractivity contribution in [2.45, 2.75) is 25.9 Å². The molecule has 4 nitrogen and oxygen atoms in total. The van der Waals surface area contributed by atoms with Crippen LogP contribution in [0.15, 0.2) is 54.6 Å². The lowest BCUT2D eigenvalue weighted by atomic mass is 9.94. The van der Waals surface area contributed by atoms with E-state index in [9.17, 15) is 27.6 Å². The molecule has 1 atom stereocenters. The van der Waals surface area contributed by atoms with E-state index in [1.54, 1.807) is 42.5 Å². The molecule has 7 heteroatoms. The van der Waals surface area contributed by atoms with E-state index in [4.69, 9.17) is 0 Å². The van der Waals surface area contributed by atoms with E-state index in [-0.39, 0.29) is 10.7 Å². The molecule has 0 bridgehead atoms. The molecular weight excluding hydrogens is 359 g/mol. The summed E-state index contributed by atoms with van der Waals surface area (Å²) in [6.45, 7) is 0.667. The van der Waals surface area contributed by atoms with Gasteiger partial charge in [0.05, 0.1) is 5.92 Å². The van der Waals surface area contributed by atoms with Crippen molar-refractivity contribution < 1.29 is 27.6 Å². The van der Waals surface area contributed by atoms with Crippen molar-refractivity contribution in [1.82, 2.24) is 4.90 Å². The molecule has 0 saturated heterocycles. The first-order chi connectivity index (χ1) is 12.6. The largest absolute Gasteiger partial charge is 0.406 e. The van der Waals surface area contributed by atoms with Crippen molar-refractivity contribution in [1.29, 1.82) is 0 Å². The maximum absolute atomic E-state index is 12.7. The van der Waals surface area contributed by atoms with E-state index < -0.39 is 30.5 Å². The fraction of sp³-hybridized carbons (Fsp3) is 0.250. The number of alkyl halides is 3. The molecule has 1 unspecified atom stereocenters. The average Bonchev–Trinajstić information content (AvgIpc) is 2.64. The highest BCUT2D eigenvalue weighted by molar-refractivity contribution is 6.09. The molecule has 27 heavy (non-hydrogen) atoms. The number of carbonyl (C=O) groups is 3. The molecule has 0 aromatic heterocycles. The van der Waals surface area contributed by atoms with Gasteiger partial charge in [-0.25, -0.2) is 0 Å². The first-order valence-corrected chi connectivity index (χ1v) is 8.18. The fourth-order valence-corrected chi connectivity index (χ4v) is 2.61. The molecule has 0 radical (unpaired) electrons. The van der Waals surface area contributed by atoms with Crippen molar-refractivity contribution in [2.75, 3.05) is 6.54 Å². The van der Waals surface area contributed by atoms with Crippen LogP contribution in [0, 0.1) is 0 Å². The number of benzene rings is 2. The lowest BCUT2D eigenvalue weighted by Crippen LogP contribution is -2.43. The van der Waals surface area contributed by atoms with Crippen LogP contribution in [0.1, 0.15) is 41.3 Å². The molecule has 0 N–H and O–H groups in total. The van der Waals surface area contributed by atoms with Gasteiger partial charge in [-0.2, -0.15) is 13.2 Å². The Morgan fingerprint density at radius 2 is 1.56 bits per heavy atom. The SMILES string of the molecule is CC(=O)N(CC(F)(F)F)C(=O)C(C)c1cccc(C(=O)c2ccccc2)c1. The van der Waals surface area contributed by atoms with Crippen LogP contribution in [-0.4, -0.2) is 35.2 Å². The van der Waals surface area contributed by atoms with Gasteiger partial charge in [-0.3, -0.25) is 19.3 Å². The number of hydrogen-bond acceptors (Lipinski definition) is 3. The van der Waals surface area contributed by atoms with Gasteiger partial charge in [0, 0.05) is 18.1 Å². The van der Waals surface area contributed by atoms with Gasteiger partial charge in [0.15, 0.2) is 5.78 Å². The Morgan fingerprint density at radius 1 is 0.963 bits per heavy atom. The maximum Gasteiger partial charge on any atom is 0.406 e. The third-order valence-corrected chi connectivity index (χ3v) is 4.04. The molecular formula is C20H18F3NO3. The smallest absolute Gasteiger partial charge is 0.289 e. The zero-order chi connectivity index (χ0) is 20.2. The lowest BCUT2D eigenvalue weighted by Gasteiger charge is -2.24. The Morgan fingerprint density at radius 3 is 2.11 bits per heavy atom. The Labute approximate surface area is 154 Å². The summed E-state index contributed by atoms with van der Waals surface area (Å²) in [5.41, 5.74) is 1.12. The van der Waals surface area contributed by atoms with Crippen LogP contribution in [0.3, 0.4) is 0 Å². The molecule has 2 aromatic carbocycles. The third kappa shape index (κ3) is 5.26.